The second kappa shape index (κ2) is 18.4. The Morgan fingerprint density at radius 2 is 1.77 bits per heavy atom. The number of likely N-dealkylation sites (tertiary alicyclic amines) is 1. The molecule has 3 aromatic carbocycles. The van der Waals surface area contributed by atoms with E-state index in [9.17, 15) is 9.59 Å². The van der Waals surface area contributed by atoms with Crippen molar-refractivity contribution < 1.29 is 43.2 Å². The summed E-state index contributed by atoms with van der Waals surface area (Å²) in [5.41, 5.74) is 2.89. The van der Waals surface area contributed by atoms with Crippen LogP contribution in [0.4, 0.5) is 0 Å². The van der Waals surface area contributed by atoms with Crippen LogP contribution in [0.2, 0.25) is 0 Å². The SMILES string of the molecule is COc1cc2ccc1CNC(=O)CCc1ccc(OC)c(c1)OCC(=O)N[C@@H]1CN(CCOCc3ccccc3)CC[C@@H]1O2.O=CO. The molecule has 6 rings (SSSR count). The van der Waals surface area contributed by atoms with Crippen LogP contribution in [-0.4, -0.2) is 87.5 Å². The van der Waals surface area contributed by atoms with E-state index in [0.29, 0.717) is 68.6 Å². The van der Waals surface area contributed by atoms with Crippen molar-refractivity contribution in [3.63, 3.8) is 0 Å². The molecule has 3 N–H and O–H groups in total. The van der Waals surface area contributed by atoms with Gasteiger partial charge in [-0.1, -0.05) is 36.4 Å². The Morgan fingerprint density at radius 1 is 0.979 bits per heavy atom. The van der Waals surface area contributed by atoms with Crippen LogP contribution in [0.5, 0.6) is 23.0 Å². The number of methoxy groups -OCH3 is 2. The van der Waals surface area contributed by atoms with E-state index < -0.39 is 0 Å². The lowest BCUT2D eigenvalue weighted by Gasteiger charge is -2.38. The van der Waals surface area contributed by atoms with E-state index in [1.807, 2.05) is 60.7 Å². The van der Waals surface area contributed by atoms with E-state index in [0.717, 1.165) is 29.8 Å². The lowest BCUT2D eigenvalue weighted by Crippen LogP contribution is -2.58. The number of amides is 2. The molecular formula is C35H43N3O9. The summed E-state index contributed by atoms with van der Waals surface area (Å²) in [6.45, 7) is 3.17. The van der Waals surface area contributed by atoms with Crippen LogP contribution in [-0.2, 0) is 38.7 Å². The van der Waals surface area contributed by atoms with Crippen LogP contribution in [0.15, 0.2) is 66.7 Å². The maximum atomic E-state index is 13.2. The Bertz CT molecular complexity index is 1450. The predicted octanol–water partition coefficient (Wildman–Crippen LogP) is 3.20. The van der Waals surface area contributed by atoms with Gasteiger partial charge in [-0.05, 0) is 48.2 Å². The molecule has 3 aliphatic rings. The van der Waals surface area contributed by atoms with E-state index in [2.05, 4.69) is 15.5 Å². The molecule has 2 atom stereocenters. The molecule has 0 unspecified atom stereocenters. The van der Waals surface area contributed by atoms with Crippen molar-refractivity contribution in [2.24, 2.45) is 0 Å². The zero-order valence-corrected chi connectivity index (χ0v) is 26.8. The molecule has 0 saturated carbocycles. The summed E-state index contributed by atoms with van der Waals surface area (Å²) in [5, 5.41) is 13.0. The van der Waals surface area contributed by atoms with Crippen LogP contribution in [0.3, 0.4) is 0 Å². The highest BCUT2D eigenvalue weighted by atomic mass is 16.5. The number of carbonyl (C=O) groups is 3. The molecule has 1 fully saturated rings. The largest absolute Gasteiger partial charge is 0.496 e. The van der Waals surface area contributed by atoms with Gasteiger partial charge in [0.1, 0.15) is 17.6 Å². The number of benzene rings is 3. The number of ether oxygens (including phenoxy) is 5. The van der Waals surface area contributed by atoms with Gasteiger partial charge in [0.2, 0.25) is 5.91 Å². The Labute approximate surface area is 274 Å². The minimum atomic E-state index is -0.283. The Hall–Kier alpha value is -4.81. The third-order valence-corrected chi connectivity index (χ3v) is 7.89. The fourth-order valence-electron chi connectivity index (χ4n) is 5.48. The molecule has 0 aromatic heterocycles. The number of carboxylic acid groups (broad SMARTS) is 1. The number of hydrogen-bond acceptors (Lipinski definition) is 9. The highest BCUT2D eigenvalue weighted by Gasteiger charge is 2.32. The molecule has 0 radical (unpaired) electrons. The summed E-state index contributed by atoms with van der Waals surface area (Å²) < 4.78 is 29.4. The molecule has 12 heteroatoms. The van der Waals surface area contributed by atoms with Crippen molar-refractivity contribution in [1.29, 1.82) is 0 Å². The molecule has 0 spiro atoms. The van der Waals surface area contributed by atoms with Gasteiger partial charge in [0.05, 0.1) is 33.5 Å². The van der Waals surface area contributed by atoms with E-state index in [4.69, 9.17) is 33.6 Å². The van der Waals surface area contributed by atoms with Crippen molar-refractivity contribution in [3.05, 3.63) is 83.4 Å². The molecule has 3 aromatic rings. The van der Waals surface area contributed by atoms with Crippen LogP contribution in [0.1, 0.15) is 29.5 Å². The molecule has 0 aliphatic carbocycles. The number of aryl methyl sites for hydroxylation is 1. The minimum absolute atomic E-state index is 0.0805. The Morgan fingerprint density at radius 3 is 2.53 bits per heavy atom. The molecule has 3 heterocycles. The Kier molecular flexibility index (Phi) is 13.7. The van der Waals surface area contributed by atoms with Gasteiger partial charge in [0.15, 0.2) is 18.1 Å². The van der Waals surface area contributed by atoms with Crippen LogP contribution in [0.25, 0.3) is 0 Å². The van der Waals surface area contributed by atoms with Gasteiger partial charge in [-0.2, -0.15) is 0 Å². The van der Waals surface area contributed by atoms with Crippen molar-refractivity contribution in [2.75, 3.05) is 47.1 Å². The zero-order valence-electron chi connectivity index (χ0n) is 26.8. The molecule has 1 saturated heterocycles. The molecule has 12 nitrogen and oxygen atoms in total. The minimum Gasteiger partial charge on any atom is -0.496 e. The fourth-order valence-corrected chi connectivity index (χ4v) is 5.48. The zero-order chi connectivity index (χ0) is 33.4. The van der Waals surface area contributed by atoms with Gasteiger partial charge in [-0.25, -0.2) is 0 Å². The van der Waals surface area contributed by atoms with Crippen LogP contribution >= 0.6 is 0 Å². The molecule has 2 amide bonds. The van der Waals surface area contributed by atoms with Gasteiger partial charge in [-0.3, -0.25) is 19.3 Å². The number of nitrogens with one attached hydrogen (secondary N) is 2. The predicted molar refractivity (Wildman–Crippen MR) is 174 cm³/mol. The average molecular weight is 650 g/mol. The summed E-state index contributed by atoms with van der Waals surface area (Å²) in [4.78, 5) is 36.5. The topological polar surface area (TPSA) is 145 Å². The van der Waals surface area contributed by atoms with Crippen LogP contribution in [0, 0.1) is 0 Å². The highest BCUT2D eigenvalue weighted by molar-refractivity contribution is 5.78. The van der Waals surface area contributed by atoms with E-state index in [1.54, 1.807) is 20.3 Å². The molecule has 4 bridgehead atoms. The molecule has 3 aliphatic heterocycles. The number of carbonyl (C=O) groups excluding carboxylic acids is 2. The molecular weight excluding hydrogens is 606 g/mol. The lowest BCUT2D eigenvalue weighted by atomic mass is 10.0. The van der Waals surface area contributed by atoms with Gasteiger partial charge < -0.3 is 39.4 Å². The number of nitrogens with zero attached hydrogens (tertiary/aromatic N) is 1. The van der Waals surface area contributed by atoms with Gasteiger partial charge in [0.25, 0.3) is 12.4 Å². The fraction of sp³-hybridized carbons (Fsp3) is 0.400. The number of rotatable bonds is 7. The first-order chi connectivity index (χ1) is 22.9. The van der Waals surface area contributed by atoms with Crippen molar-refractivity contribution in [3.8, 4) is 23.0 Å². The van der Waals surface area contributed by atoms with Crippen molar-refractivity contribution >= 4 is 18.3 Å². The number of piperidine rings is 1. The quantitative estimate of drug-likeness (QED) is 0.258. The van der Waals surface area contributed by atoms with E-state index >= 15 is 0 Å². The molecule has 252 valence electrons. The smallest absolute Gasteiger partial charge is 0.290 e. The highest BCUT2D eigenvalue weighted by Crippen LogP contribution is 2.30. The first-order valence-electron chi connectivity index (χ1n) is 15.5. The van der Waals surface area contributed by atoms with Crippen molar-refractivity contribution in [1.82, 2.24) is 15.5 Å². The van der Waals surface area contributed by atoms with Crippen LogP contribution < -0.4 is 29.6 Å². The van der Waals surface area contributed by atoms with Crippen molar-refractivity contribution in [2.45, 2.75) is 44.6 Å². The van der Waals surface area contributed by atoms with E-state index in [-0.39, 0.29) is 37.0 Å². The summed E-state index contributed by atoms with van der Waals surface area (Å²) in [5.74, 6) is 1.89. The third-order valence-electron chi connectivity index (χ3n) is 7.89. The maximum absolute atomic E-state index is 13.2. The van der Waals surface area contributed by atoms with E-state index in [1.165, 1.54) is 0 Å². The van der Waals surface area contributed by atoms with Gasteiger partial charge in [0, 0.05) is 44.2 Å². The summed E-state index contributed by atoms with van der Waals surface area (Å²) in [7, 11) is 3.15. The first-order valence-corrected chi connectivity index (χ1v) is 15.5. The Balaban J connectivity index is 0.00000160. The average Bonchev–Trinajstić information content (AvgIpc) is 3.09. The third kappa shape index (κ3) is 10.9. The second-order valence-corrected chi connectivity index (χ2v) is 11.1. The first kappa shape index (κ1) is 35.1. The van der Waals surface area contributed by atoms with Gasteiger partial charge in [-0.15, -0.1) is 0 Å². The second-order valence-electron chi connectivity index (χ2n) is 11.1. The summed E-state index contributed by atoms with van der Waals surface area (Å²) in [6.07, 6.45) is 1.25. The molecule has 47 heavy (non-hydrogen) atoms. The standard InChI is InChI=1S/C34H41N3O7.CH2O2/c1-40-30-12-8-24-9-13-33(38)35-20-26-10-11-27(19-31(26)41-2)44-29-14-15-37(16-17-42-22-25-6-4-3-5-7-25)21-28(29)36-34(39)23-43-32(30)18-24;2-1-3/h3-8,10-12,18-19,28-29H,9,13-17,20-23H2,1-2H3,(H,35,38)(H,36,39);1H,(H,2,3)/t28-,29+;/m1./s1. The maximum Gasteiger partial charge on any atom is 0.290 e. The summed E-state index contributed by atoms with van der Waals surface area (Å²) in [6, 6.07) is 20.9. The lowest BCUT2D eigenvalue weighted by molar-refractivity contribution is -0.125. The monoisotopic (exact) mass is 649 g/mol. The normalized spacial score (nSPS) is 18.6. The van der Waals surface area contributed by atoms with Gasteiger partial charge >= 0.3 is 0 Å². The number of fused-ring (bicyclic) bond motifs is 9. The summed E-state index contributed by atoms with van der Waals surface area (Å²) >= 11 is 0. The number of hydrogen-bond donors (Lipinski definition) is 3.